The fourth-order valence-electron chi connectivity index (χ4n) is 4.36. The molecule has 4 rings (SSSR count). The first-order valence-corrected chi connectivity index (χ1v) is 14.1. The lowest BCUT2D eigenvalue weighted by Gasteiger charge is -2.14. The van der Waals surface area contributed by atoms with E-state index < -0.39 is 79.8 Å². The van der Waals surface area contributed by atoms with Crippen LogP contribution in [0.25, 0.3) is 0 Å². The smallest absolute Gasteiger partial charge is 0.326 e. The standard InChI is InChI=1S/C28H19Cl4F6N3O3/c1-2-15(29)25(43)41-23-18(34)7-8-19(22(23)35)40-24(42)13-10-12(4-5-16(13)30)39-26(44)21-20(27(21,31)32)11-3-6-17(33)14(9-11)28(36,37)38/h3-10,15,20-21H,2H2,1H3,(H,39,44)(H,40,42)(H,41,43)/t15?,20-,21+/m0/s1. The SMILES string of the molecule is CCC(Cl)C(=O)Nc1c(F)ccc(NC(=O)c2cc(NC(=O)[C@H]3[C@H](c4ccc(F)c(C(F)(F)F)c4)C3(Cl)Cl)ccc2Cl)c1F. The van der Waals surface area contributed by atoms with Gasteiger partial charge in [0, 0.05) is 11.6 Å². The lowest BCUT2D eigenvalue weighted by molar-refractivity contribution is -0.140. The van der Waals surface area contributed by atoms with Crippen molar-refractivity contribution in [2.75, 3.05) is 16.0 Å². The quantitative estimate of drug-likeness (QED) is 0.163. The van der Waals surface area contributed by atoms with Crippen LogP contribution < -0.4 is 16.0 Å². The van der Waals surface area contributed by atoms with E-state index in [0.717, 1.165) is 24.3 Å². The molecule has 1 aliphatic carbocycles. The topological polar surface area (TPSA) is 87.3 Å². The molecule has 6 nitrogen and oxygen atoms in total. The summed E-state index contributed by atoms with van der Waals surface area (Å²) in [5.74, 6) is -9.00. The maximum atomic E-state index is 15.0. The van der Waals surface area contributed by atoms with Crippen LogP contribution in [0.4, 0.5) is 43.4 Å². The van der Waals surface area contributed by atoms with Crippen LogP contribution in [0.2, 0.25) is 5.02 Å². The predicted molar refractivity (Wildman–Crippen MR) is 155 cm³/mol. The number of amides is 3. The van der Waals surface area contributed by atoms with Gasteiger partial charge >= 0.3 is 6.18 Å². The number of alkyl halides is 6. The van der Waals surface area contributed by atoms with Gasteiger partial charge in [-0.2, -0.15) is 13.2 Å². The van der Waals surface area contributed by atoms with Crippen LogP contribution in [0.5, 0.6) is 0 Å². The van der Waals surface area contributed by atoms with Gasteiger partial charge in [0.25, 0.3) is 5.91 Å². The molecule has 0 heterocycles. The van der Waals surface area contributed by atoms with Gasteiger partial charge in [-0.25, -0.2) is 13.2 Å². The number of nitrogens with one attached hydrogen (secondary N) is 3. The Balaban J connectivity index is 1.52. The van der Waals surface area contributed by atoms with E-state index in [1.165, 1.54) is 12.1 Å². The monoisotopic (exact) mass is 699 g/mol. The Kier molecular flexibility index (Phi) is 9.70. The van der Waals surface area contributed by atoms with Crippen LogP contribution in [-0.4, -0.2) is 27.4 Å². The molecule has 3 aromatic carbocycles. The average molecular weight is 701 g/mol. The summed E-state index contributed by atoms with van der Waals surface area (Å²) in [6.45, 7) is 1.59. The van der Waals surface area contributed by atoms with E-state index in [9.17, 15) is 36.3 Å². The maximum absolute atomic E-state index is 15.0. The van der Waals surface area contributed by atoms with Crippen molar-refractivity contribution in [3.63, 3.8) is 0 Å². The summed E-state index contributed by atoms with van der Waals surface area (Å²) < 4.78 is 80.8. The third kappa shape index (κ3) is 6.88. The van der Waals surface area contributed by atoms with Crippen LogP contribution in [0.1, 0.15) is 40.7 Å². The zero-order valence-electron chi connectivity index (χ0n) is 22.1. The molecule has 3 N–H and O–H groups in total. The molecule has 0 aromatic heterocycles. The van der Waals surface area contributed by atoms with E-state index in [2.05, 4.69) is 10.6 Å². The second kappa shape index (κ2) is 12.7. The van der Waals surface area contributed by atoms with Crippen molar-refractivity contribution in [2.24, 2.45) is 5.92 Å². The second-order valence-electron chi connectivity index (χ2n) is 9.65. The van der Waals surface area contributed by atoms with Crippen molar-refractivity contribution < 1.29 is 40.7 Å². The van der Waals surface area contributed by atoms with E-state index in [4.69, 9.17) is 46.4 Å². The predicted octanol–water partition coefficient (Wildman–Crippen LogP) is 8.51. The van der Waals surface area contributed by atoms with Crippen LogP contribution in [0.15, 0.2) is 48.5 Å². The first kappa shape index (κ1) is 33.7. The van der Waals surface area contributed by atoms with Crippen LogP contribution in [0, 0.1) is 23.4 Å². The second-order valence-corrected chi connectivity index (χ2v) is 12.0. The molecular weight excluding hydrogens is 682 g/mol. The lowest BCUT2D eigenvalue weighted by Crippen LogP contribution is -2.24. The summed E-state index contributed by atoms with van der Waals surface area (Å²) in [5, 5.41) is 5.48. The van der Waals surface area contributed by atoms with E-state index in [1.807, 2.05) is 5.32 Å². The summed E-state index contributed by atoms with van der Waals surface area (Å²) >= 11 is 24.4. The Hall–Kier alpha value is -3.19. The summed E-state index contributed by atoms with van der Waals surface area (Å²) in [5.41, 5.74) is -3.31. The van der Waals surface area contributed by atoms with Gasteiger partial charge in [-0.15, -0.1) is 34.8 Å². The summed E-state index contributed by atoms with van der Waals surface area (Å²) in [6.07, 6.45) is -4.81. The number of anilines is 3. The normalized spacial score (nSPS) is 17.9. The zero-order valence-corrected chi connectivity index (χ0v) is 25.1. The largest absolute Gasteiger partial charge is 0.419 e. The van der Waals surface area contributed by atoms with Crippen molar-refractivity contribution in [1.82, 2.24) is 0 Å². The van der Waals surface area contributed by atoms with Crippen LogP contribution in [-0.2, 0) is 15.8 Å². The number of benzene rings is 3. The molecule has 16 heteroatoms. The Morgan fingerprint density at radius 1 is 0.932 bits per heavy atom. The molecule has 1 saturated carbocycles. The van der Waals surface area contributed by atoms with Crippen molar-refractivity contribution in [3.05, 3.63) is 87.7 Å². The number of carbonyl (C=O) groups is 3. The molecule has 234 valence electrons. The first-order chi connectivity index (χ1) is 20.5. The van der Waals surface area contributed by atoms with Gasteiger partial charge in [0.1, 0.15) is 27.0 Å². The Morgan fingerprint density at radius 3 is 2.23 bits per heavy atom. The Labute approximate surface area is 266 Å². The molecule has 44 heavy (non-hydrogen) atoms. The number of hydrogen-bond acceptors (Lipinski definition) is 3. The third-order valence-electron chi connectivity index (χ3n) is 6.70. The Morgan fingerprint density at radius 2 is 1.59 bits per heavy atom. The van der Waals surface area contributed by atoms with Gasteiger partial charge in [-0.05, 0) is 54.4 Å². The highest BCUT2D eigenvalue weighted by Gasteiger charge is 2.67. The molecule has 1 fully saturated rings. The minimum absolute atomic E-state index is 0.0188. The van der Waals surface area contributed by atoms with Gasteiger partial charge in [-0.3, -0.25) is 14.4 Å². The van der Waals surface area contributed by atoms with Gasteiger partial charge in [0.2, 0.25) is 11.8 Å². The van der Waals surface area contributed by atoms with Crippen molar-refractivity contribution in [2.45, 2.75) is 35.1 Å². The molecule has 0 saturated heterocycles. The molecule has 0 spiro atoms. The van der Waals surface area contributed by atoms with Gasteiger partial charge < -0.3 is 16.0 Å². The van der Waals surface area contributed by atoms with E-state index in [1.54, 1.807) is 6.92 Å². The minimum Gasteiger partial charge on any atom is -0.326 e. The highest BCUT2D eigenvalue weighted by Crippen LogP contribution is 2.65. The summed E-state index contributed by atoms with van der Waals surface area (Å²) in [7, 11) is 0. The summed E-state index contributed by atoms with van der Waals surface area (Å²) in [4.78, 5) is 38.0. The molecular formula is C28H19Cl4F6N3O3. The third-order valence-corrected chi connectivity index (χ3v) is 8.48. The summed E-state index contributed by atoms with van der Waals surface area (Å²) in [6, 6.07) is 7.50. The molecule has 3 atom stereocenters. The van der Waals surface area contributed by atoms with E-state index in [0.29, 0.717) is 12.1 Å². The molecule has 0 aliphatic heterocycles. The fraction of sp³-hybridized carbons (Fsp3) is 0.250. The molecule has 1 aliphatic rings. The fourth-order valence-corrected chi connectivity index (χ4v) is 5.44. The van der Waals surface area contributed by atoms with Gasteiger partial charge in [0.15, 0.2) is 5.82 Å². The number of hydrogen-bond donors (Lipinski definition) is 3. The minimum atomic E-state index is -5.00. The lowest BCUT2D eigenvalue weighted by atomic mass is 10.0. The van der Waals surface area contributed by atoms with Crippen LogP contribution >= 0.6 is 46.4 Å². The maximum Gasteiger partial charge on any atom is 0.419 e. The zero-order chi connectivity index (χ0) is 32.7. The van der Waals surface area contributed by atoms with Gasteiger partial charge in [-0.1, -0.05) is 24.6 Å². The van der Waals surface area contributed by atoms with E-state index in [-0.39, 0.29) is 28.3 Å². The van der Waals surface area contributed by atoms with Gasteiger partial charge in [0.05, 0.1) is 27.8 Å². The molecule has 0 bridgehead atoms. The van der Waals surface area contributed by atoms with Crippen LogP contribution in [0.3, 0.4) is 0 Å². The Bertz CT molecular complexity index is 1650. The highest BCUT2D eigenvalue weighted by molar-refractivity contribution is 6.53. The first-order valence-electron chi connectivity index (χ1n) is 12.6. The van der Waals surface area contributed by atoms with Crippen molar-refractivity contribution in [3.8, 4) is 0 Å². The van der Waals surface area contributed by atoms with Crippen molar-refractivity contribution >= 4 is 81.2 Å². The molecule has 1 unspecified atom stereocenters. The number of halogens is 10. The van der Waals surface area contributed by atoms with E-state index >= 15 is 4.39 Å². The molecule has 0 radical (unpaired) electrons. The van der Waals surface area contributed by atoms with Crippen molar-refractivity contribution in [1.29, 1.82) is 0 Å². The average Bonchev–Trinajstić information content (AvgIpc) is 3.54. The number of rotatable bonds is 8. The number of carbonyl (C=O) groups excluding carboxylic acids is 3. The molecule has 3 aromatic rings. The molecule has 3 amide bonds. The highest BCUT2D eigenvalue weighted by atomic mass is 35.5.